The van der Waals surface area contributed by atoms with Gasteiger partial charge in [-0.1, -0.05) is 30.6 Å². The van der Waals surface area contributed by atoms with Crippen molar-refractivity contribution in [1.29, 1.82) is 0 Å². The molecule has 0 saturated heterocycles. The van der Waals surface area contributed by atoms with Crippen LogP contribution in [0.5, 0.6) is 0 Å². The van der Waals surface area contributed by atoms with Gasteiger partial charge in [0.05, 0.1) is 40.9 Å². The van der Waals surface area contributed by atoms with Crippen LogP contribution in [-0.4, -0.2) is 46.3 Å². The number of oxime groups is 1. The monoisotopic (exact) mass is 515 g/mol. The minimum absolute atomic E-state index is 0.0214. The Morgan fingerprint density at radius 1 is 1.31 bits per heavy atom. The summed E-state index contributed by atoms with van der Waals surface area (Å²) < 4.78 is 13.6. The second-order valence-corrected chi connectivity index (χ2v) is 7.96. The van der Waals surface area contributed by atoms with E-state index in [1.54, 1.807) is 19.9 Å². The Morgan fingerprint density at radius 2 is 2.08 bits per heavy atom. The molecule has 3 heterocycles. The molecule has 0 bridgehead atoms. The molecule has 0 aliphatic carbocycles. The van der Waals surface area contributed by atoms with Crippen molar-refractivity contribution in [3.63, 3.8) is 0 Å². The molecule has 0 radical (unpaired) electrons. The molecule has 1 aromatic carbocycles. The van der Waals surface area contributed by atoms with Gasteiger partial charge in [-0.3, -0.25) is 9.59 Å². The molecule has 2 aliphatic rings. The Hall–Kier alpha value is -3.86. The van der Waals surface area contributed by atoms with Gasteiger partial charge in [-0.15, -0.1) is 0 Å². The Balaban J connectivity index is 0.00000176. The van der Waals surface area contributed by atoms with E-state index >= 15 is 0 Å². The lowest BCUT2D eigenvalue weighted by molar-refractivity contribution is -0.116. The van der Waals surface area contributed by atoms with Gasteiger partial charge in [-0.25, -0.2) is 19.4 Å². The summed E-state index contributed by atoms with van der Waals surface area (Å²) in [5, 5.41) is 12.4. The molecule has 36 heavy (non-hydrogen) atoms. The minimum atomic E-state index is -0.524. The van der Waals surface area contributed by atoms with Crippen LogP contribution in [0.2, 0.25) is 5.02 Å². The third-order valence-electron chi connectivity index (χ3n) is 5.20. The zero-order valence-corrected chi connectivity index (χ0v) is 21.1. The highest BCUT2D eigenvalue weighted by molar-refractivity contribution is 6.34. The molecule has 1 unspecified atom stereocenters. The highest BCUT2D eigenvalue weighted by Crippen LogP contribution is 2.32. The number of aromatic nitrogens is 2. The summed E-state index contributed by atoms with van der Waals surface area (Å²) in [5.41, 5.74) is 2.38. The van der Waals surface area contributed by atoms with Crippen molar-refractivity contribution in [2.75, 3.05) is 17.2 Å². The first-order valence-corrected chi connectivity index (χ1v) is 11.8. The number of amides is 2. The van der Waals surface area contributed by atoms with Crippen LogP contribution in [0, 0.1) is 5.82 Å². The zero-order valence-electron chi connectivity index (χ0n) is 20.4. The van der Waals surface area contributed by atoms with E-state index in [0.29, 0.717) is 47.2 Å². The van der Waals surface area contributed by atoms with Crippen molar-refractivity contribution in [2.45, 2.75) is 46.6 Å². The van der Waals surface area contributed by atoms with Gasteiger partial charge in [0, 0.05) is 18.1 Å². The number of aliphatic imine (C=N–C) groups is 1. The number of benzene rings is 1. The van der Waals surface area contributed by atoms with Crippen LogP contribution in [0.15, 0.2) is 40.4 Å². The number of anilines is 2. The molecule has 0 saturated carbocycles. The molecular weight excluding hydrogens is 489 g/mol. The van der Waals surface area contributed by atoms with Crippen molar-refractivity contribution < 1.29 is 18.8 Å². The number of rotatable bonds is 6. The first-order valence-electron chi connectivity index (χ1n) is 11.5. The maximum absolute atomic E-state index is 13.6. The van der Waals surface area contributed by atoms with Crippen molar-refractivity contribution in [3.05, 3.63) is 52.4 Å². The quantitative estimate of drug-likeness (QED) is 0.297. The summed E-state index contributed by atoms with van der Waals surface area (Å²) in [5.74, 6) is -0.343. The van der Waals surface area contributed by atoms with Crippen LogP contribution in [0.3, 0.4) is 0 Å². The number of carbonyl (C=O) groups excluding carboxylic acids is 2. The maximum atomic E-state index is 13.6. The van der Waals surface area contributed by atoms with E-state index in [1.165, 1.54) is 24.7 Å². The highest BCUT2D eigenvalue weighted by Gasteiger charge is 2.25. The summed E-state index contributed by atoms with van der Waals surface area (Å²) in [7, 11) is 0. The van der Waals surface area contributed by atoms with Gasteiger partial charge in [0.25, 0.3) is 5.91 Å². The Kier molecular flexibility index (Phi) is 9.07. The van der Waals surface area contributed by atoms with Gasteiger partial charge >= 0.3 is 0 Å². The predicted octanol–water partition coefficient (Wildman–Crippen LogP) is 4.40. The second kappa shape index (κ2) is 12.2. The molecule has 3 N–H and O–H groups in total. The molecular formula is C24H27ClFN7O3. The fourth-order valence-electron chi connectivity index (χ4n) is 3.48. The number of hydrogen-bond donors (Lipinski definition) is 3. The van der Waals surface area contributed by atoms with Crippen LogP contribution < -0.4 is 16.0 Å². The summed E-state index contributed by atoms with van der Waals surface area (Å²) in [6.07, 6.45) is 4.98. The molecule has 2 aromatic rings. The Bertz CT molecular complexity index is 1250. The van der Waals surface area contributed by atoms with E-state index in [1.807, 2.05) is 13.8 Å². The number of hydrogen-bond acceptors (Lipinski definition) is 8. The molecule has 1 atom stereocenters. The fraction of sp³-hybridized carbons (Fsp3) is 0.333. The average molecular weight is 516 g/mol. The number of carbonyl (C=O) groups is 2. The fourth-order valence-corrected chi connectivity index (χ4v) is 3.63. The van der Waals surface area contributed by atoms with Crippen molar-refractivity contribution in [2.24, 2.45) is 10.1 Å². The predicted molar refractivity (Wildman–Crippen MR) is 138 cm³/mol. The van der Waals surface area contributed by atoms with Gasteiger partial charge in [0.2, 0.25) is 5.91 Å². The minimum Gasteiger partial charge on any atom is -0.377 e. The molecule has 10 nitrogen and oxygen atoms in total. The summed E-state index contributed by atoms with van der Waals surface area (Å²) in [6, 6.07) is 2.20. The lowest BCUT2D eigenvalue weighted by Gasteiger charge is -2.19. The van der Waals surface area contributed by atoms with E-state index in [0.717, 1.165) is 0 Å². The van der Waals surface area contributed by atoms with E-state index in [-0.39, 0.29) is 23.0 Å². The Labute approximate surface area is 213 Å². The van der Waals surface area contributed by atoms with Crippen molar-refractivity contribution in [1.82, 2.24) is 15.3 Å². The number of nitrogens with one attached hydrogen (secondary N) is 3. The van der Waals surface area contributed by atoms with E-state index in [2.05, 4.69) is 36.1 Å². The first-order chi connectivity index (χ1) is 17.4. The SMILES string of the molecule is C/C=C(\O/N=C/C1=Nc2cc(Cl)c(F)cc2NC1)C(C)NC(=O)c1ncnc2c1CCC(=O)N2.CC. The molecule has 0 spiro atoms. The van der Waals surface area contributed by atoms with E-state index in [9.17, 15) is 14.0 Å². The number of allylic oxidation sites excluding steroid dienone is 1. The lowest BCUT2D eigenvalue weighted by atomic mass is 10.0. The number of nitrogens with zero attached hydrogens (tertiary/aromatic N) is 4. The van der Waals surface area contributed by atoms with Gasteiger partial charge in [-0.05, 0) is 32.4 Å². The molecule has 2 aliphatic heterocycles. The summed E-state index contributed by atoms with van der Waals surface area (Å²) in [6.45, 7) is 7.82. The summed E-state index contributed by atoms with van der Waals surface area (Å²) >= 11 is 5.83. The molecule has 1 aromatic heterocycles. The zero-order chi connectivity index (χ0) is 26.2. The lowest BCUT2D eigenvalue weighted by Crippen LogP contribution is -2.36. The molecule has 0 fully saturated rings. The van der Waals surface area contributed by atoms with Crippen LogP contribution in [-0.2, 0) is 16.1 Å². The van der Waals surface area contributed by atoms with Crippen molar-refractivity contribution >= 4 is 52.5 Å². The normalized spacial score (nSPS) is 15.3. The van der Waals surface area contributed by atoms with E-state index < -0.39 is 17.8 Å². The number of fused-ring (bicyclic) bond motifs is 2. The Morgan fingerprint density at radius 3 is 2.83 bits per heavy atom. The van der Waals surface area contributed by atoms with Crippen molar-refractivity contribution in [3.8, 4) is 0 Å². The number of halogens is 2. The van der Waals surface area contributed by atoms with Crippen LogP contribution in [0.25, 0.3) is 0 Å². The average Bonchev–Trinajstić information content (AvgIpc) is 2.88. The largest absolute Gasteiger partial charge is 0.377 e. The third kappa shape index (κ3) is 6.22. The second-order valence-electron chi connectivity index (χ2n) is 7.55. The van der Waals surface area contributed by atoms with Gasteiger partial charge in [0.1, 0.15) is 23.7 Å². The van der Waals surface area contributed by atoms with Gasteiger partial charge in [0.15, 0.2) is 5.76 Å². The first kappa shape index (κ1) is 26.7. The van der Waals surface area contributed by atoms with E-state index in [4.69, 9.17) is 16.4 Å². The maximum Gasteiger partial charge on any atom is 0.270 e. The van der Waals surface area contributed by atoms with Crippen LogP contribution in [0.4, 0.5) is 21.6 Å². The van der Waals surface area contributed by atoms with Gasteiger partial charge < -0.3 is 20.8 Å². The standard InChI is InChI=1S/C22H21ClFN7O3.C2H6/c1-3-18(34-28-9-12-8-25-16-7-15(24)14(23)6-17(16)30-12)11(2)29-22(33)20-13-4-5-19(32)31-21(13)27-10-26-20;1-2/h3,6-7,9-11,25H,4-5,8H2,1-2H3,(H,29,33)(H,26,27,31,32);1-2H3/b18-3-,28-9+;. The molecule has 2 amide bonds. The molecule has 4 rings (SSSR count). The van der Waals surface area contributed by atoms with Crippen LogP contribution in [0.1, 0.15) is 50.2 Å². The smallest absolute Gasteiger partial charge is 0.270 e. The highest BCUT2D eigenvalue weighted by atomic mass is 35.5. The summed E-state index contributed by atoms with van der Waals surface area (Å²) in [4.78, 5) is 42.4. The third-order valence-corrected chi connectivity index (χ3v) is 5.49. The topological polar surface area (TPSA) is 130 Å². The molecule has 190 valence electrons. The molecule has 12 heteroatoms. The van der Waals surface area contributed by atoms with Gasteiger partial charge in [-0.2, -0.15) is 0 Å². The van der Waals surface area contributed by atoms with Crippen LogP contribution >= 0.6 is 11.6 Å².